The summed E-state index contributed by atoms with van der Waals surface area (Å²) in [5, 5.41) is 17.5. The summed E-state index contributed by atoms with van der Waals surface area (Å²) in [5.41, 5.74) is 0. The van der Waals surface area contributed by atoms with Crippen molar-refractivity contribution < 1.29 is 14.6 Å². The van der Waals surface area contributed by atoms with Crippen LogP contribution < -0.4 is 10.6 Å². The molecule has 106 valence electrons. The van der Waals surface area contributed by atoms with Crippen molar-refractivity contribution in [2.24, 2.45) is 0 Å². The predicted molar refractivity (Wildman–Crippen MR) is 74.3 cm³/mol. The van der Waals surface area contributed by atoms with Crippen molar-refractivity contribution in [2.45, 2.75) is 31.4 Å². The lowest BCUT2D eigenvalue weighted by atomic mass is 10.1. The highest BCUT2D eigenvalue weighted by Gasteiger charge is 2.16. The SMILES string of the molecule is O=C(NCC[C@@H](O)c1cccs1)NC1CCOCC1. The molecule has 0 spiro atoms. The molecule has 19 heavy (non-hydrogen) atoms. The third kappa shape index (κ3) is 4.81. The topological polar surface area (TPSA) is 70.6 Å². The van der Waals surface area contributed by atoms with Gasteiger partial charge in [-0.05, 0) is 30.7 Å². The highest BCUT2D eigenvalue weighted by Crippen LogP contribution is 2.20. The van der Waals surface area contributed by atoms with E-state index in [0.29, 0.717) is 26.2 Å². The van der Waals surface area contributed by atoms with E-state index in [-0.39, 0.29) is 12.1 Å². The lowest BCUT2D eigenvalue weighted by Crippen LogP contribution is -2.44. The molecule has 1 aliphatic rings. The maximum atomic E-state index is 11.6. The Bertz CT molecular complexity index is 377. The summed E-state index contributed by atoms with van der Waals surface area (Å²) in [4.78, 5) is 12.6. The Kier molecular flexibility index (Phi) is 5.62. The van der Waals surface area contributed by atoms with Crippen molar-refractivity contribution in [3.8, 4) is 0 Å². The van der Waals surface area contributed by atoms with Crippen molar-refractivity contribution in [1.29, 1.82) is 0 Å². The molecular formula is C13H20N2O3S. The Balaban J connectivity index is 1.61. The Morgan fingerprint density at radius 3 is 3.00 bits per heavy atom. The molecule has 3 N–H and O–H groups in total. The molecule has 1 saturated heterocycles. The molecule has 1 atom stereocenters. The van der Waals surface area contributed by atoms with Crippen LogP contribution >= 0.6 is 11.3 Å². The molecule has 0 bridgehead atoms. The summed E-state index contributed by atoms with van der Waals surface area (Å²) in [5.74, 6) is 0. The van der Waals surface area contributed by atoms with Gasteiger partial charge in [0.05, 0.1) is 6.10 Å². The molecule has 1 aromatic heterocycles. The number of thiophene rings is 1. The first-order valence-electron chi connectivity index (χ1n) is 6.59. The number of nitrogens with one attached hydrogen (secondary N) is 2. The van der Waals surface area contributed by atoms with E-state index in [1.165, 1.54) is 11.3 Å². The largest absolute Gasteiger partial charge is 0.388 e. The first-order chi connectivity index (χ1) is 9.25. The molecule has 0 aromatic carbocycles. The maximum absolute atomic E-state index is 11.6. The van der Waals surface area contributed by atoms with Gasteiger partial charge in [0.2, 0.25) is 0 Å². The van der Waals surface area contributed by atoms with Gasteiger partial charge < -0.3 is 20.5 Å². The standard InChI is InChI=1S/C13H20N2O3S/c16-11(12-2-1-9-19-12)3-6-14-13(17)15-10-4-7-18-8-5-10/h1-2,9-11,16H,3-8H2,(H2,14,15,17)/t11-/m1/s1. The normalized spacial score (nSPS) is 17.9. The van der Waals surface area contributed by atoms with Crippen LogP contribution in [0.3, 0.4) is 0 Å². The quantitative estimate of drug-likeness (QED) is 0.770. The van der Waals surface area contributed by atoms with Gasteiger partial charge in [-0.25, -0.2) is 4.79 Å². The number of aliphatic hydroxyl groups is 1. The van der Waals surface area contributed by atoms with E-state index in [0.717, 1.165) is 17.7 Å². The lowest BCUT2D eigenvalue weighted by molar-refractivity contribution is 0.0800. The van der Waals surface area contributed by atoms with Crippen LogP contribution in [-0.2, 0) is 4.74 Å². The van der Waals surface area contributed by atoms with Gasteiger partial charge in [-0.3, -0.25) is 0 Å². The Hall–Kier alpha value is -1.11. The third-order valence-corrected chi connectivity index (χ3v) is 4.11. The summed E-state index contributed by atoms with van der Waals surface area (Å²) in [7, 11) is 0. The lowest BCUT2D eigenvalue weighted by Gasteiger charge is -2.23. The van der Waals surface area contributed by atoms with Gasteiger partial charge in [-0.2, -0.15) is 0 Å². The molecule has 0 saturated carbocycles. The third-order valence-electron chi connectivity index (χ3n) is 3.13. The minimum Gasteiger partial charge on any atom is -0.388 e. The van der Waals surface area contributed by atoms with Crippen LogP contribution in [0.5, 0.6) is 0 Å². The van der Waals surface area contributed by atoms with Crippen LogP contribution in [0, 0.1) is 0 Å². The van der Waals surface area contributed by atoms with E-state index >= 15 is 0 Å². The van der Waals surface area contributed by atoms with Crippen molar-refractivity contribution >= 4 is 17.4 Å². The number of carbonyl (C=O) groups is 1. The summed E-state index contributed by atoms with van der Waals surface area (Å²) in [6, 6.07) is 3.85. The number of ether oxygens (including phenoxy) is 1. The van der Waals surface area contributed by atoms with E-state index in [9.17, 15) is 9.90 Å². The Morgan fingerprint density at radius 1 is 1.53 bits per heavy atom. The van der Waals surface area contributed by atoms with Gasteiger partial charge in [-0.15, -0.1) is 11.3 Å². The smallest absolute Gasteiger partial charge is 0.315 e. The van der Waals surface area contributed by atoms with Gasteiger partial charge in [0, 0.05) is 30.7 Å². The number of hydrogen-bond donors (Lipinski definition) is 3. The first kappa shape index (κ1) is 14.3. The predicted octanol–water partition coefficient (Wildman–Crippen LogP) is 1.65. The average Bonchev–Trinajstić information content (AvgIpc) is 2.93. The highest BCUT2D eigenvalue weighted by molar-refractivity contribution is 7.10. The number of aliphatic hydroxyl groups excluding tert-OH is 1. The van der Waals surface area contributed by atoms with Gasteiger partial charge in [0.15, 0.2) is 0 Å². The molecule has 0 unspecified atom stereocenters. The Labute approximate surface area is 117 Å². The summed E-state index contributed by atoms with van der Waals surface area (Å²) in [6.45, 7) is 1.89. The van der Waals surface area contributed by atoms with Crippen molar-refractivity contribution in [3.63, 3.8) is 0 Å². The molecule has 0 aliphatic carbocycles. The first-order valence-corrected chi connectivity index (χ1v) is 7.47. The van der Waals surface area contributed by atoms with Crippen molar-refractivity contribution in [3.05, 3.63) is 22.4 Å². The zero-order chi connectivity index (χ0) is 13.5. The van der Waals surface area contributed by atoms with Crippen molar-refractivity contribution in [2.75, 3.05) is 19.8 Å². The van der Waals surface area contributed by atoms with Crippen molar-refractivity contribution in [1.82, 2.24) is 10.6 Å². The average molecular weight is 284 g/mol. The second-order valence-corrected chi connectivity index (χ2v) is 5.59. The zero-order valence-corrected chi connectivity index (χ0v) is 11.6. The van der Waals surface area contributed by atoms with Gasteiger partial charge in [0.1, 0.15) is 0 Å². The zero-order valence-electron chi connectivity index (χ0n) is 10.8. The minimum absolute atomic E-state index is 0.162. The fraction of sp³-hybridized carbons (Fsp3) is 0.615. The van der Waals surface area contributed by atoms with Crippen LogP contribution in [0.25, 0.3) is 0 Å². The molecule has 2 heterocycles. The molecule has 2 amide bonds. The van der Waals surface area contributed by atoms with Crippen LogP contribution in [0.1, 0.15) is 30.2 Å². The molecule has 1 aromatic rings. The summed E-state index contributed by atoms with van der Waals surface area (Å²) < 4.78 is 5.23. The number of hydrogen-bond acceptors (Lipinski definition) is 4. The van der Waals surface area contributed by atoms with E-state index in [4.69, 9.17) is 4.74 Å². The second-order valence-electron chi connectivity index (χ2n) is 4.61. The monoisotopic (exact) mass is 284 g/mol. The van der Waals surface area contributed by atoms with Crippen LogP contribution in [0.2, 0.25) is 0 Å². The molecule has 1 aliphatic heterocycles. The van der Waals surface area contributed by atoms with Crippen LogP contribution in [-0.4, -0.2) is 36.9 Å². The van der Waals surface area contributed by atoms with Crippen LogP contribution in [0.4, 0.5) is 4.79 Å². The molecule has 5 nitrogen and oxygen atoms in total. The number of amides is 2. The molecule has 2 rings (SSSR count). The van der Waals surface area contributed by atoms with E-state index in [2.05, 4.69) is 10.6 Å². The summed E-state index contributed by atoms with van der Waals surface area (Å²) >= 11 is 1.53. The van der Waals surface area contributed by atoms with Gasteiger partial charge in [-0.1, -0.05) is 6.07 Å². The number of carbonyl (C=O) groups excluding carboxylic acids is 1. The molecule has 0 radical (unpaired) electrons. The van der Waals surface area contributed by atoms with Gasteiger partial charge in [0.25, 0.3) is 0 Å². The fourth-order valence-corrected chi connectivity index (χ4v) is 2.77. The second kappa shape index (κ2) is 7.47. The Morgan fingerprint density at radius 2 is 2.32 bits per heavy atom. The summed E-state index contributed by atoms with van der Waals surface area (Å²) in [6.07, 6.45) is 1.77. The number of urea groups is 1. The van der Waals surface area contributed by atoms with Gasteiger partial charge >= 0.3 is 6.03 Å². The van der Waals surface area contributed by atoms with E-state index in [1.807, 2.05) is 17.5 Å². The van der Waals surface area contributed by atoms with E-state index < -0.39 is 6.10 Å². The van der Waals surface area contributed by atoms with E-state index in [1.54, 1.807) is 0 Å². The fourth-order valence-electron chi connectivity index (χ4n) is 2.02. The highest BCUT2D eigenvalue weighted by atomic mass is 32.1. The maximum Gasteiger partial charge on any atom is 0.315 e. The molecule has 6 heteroatoms. The molecular weight excluding hydrogens is 264 g/mol. The number of rotatable bonds is 5. The minimum atomic E-state index is -0.497. The van der Waals surface area contributed by atoms with Crippen LogP contribution in [0.15, 0.2) is 17.5 Å². The molecule has 1 fully saturated rings.